The molecule has 3 aromatic rings. The lowest BCUT2D eigenvalue weighted by atomic mass is 10.3. The van der Waals surface area contributed by atoms with Crippen LogP contribution in [0.5, 0.6) is 5.75 Å². The number of halogens is 3. The van der Waals surface area contributed by atoms with E-state index in [0.717, 1.165) is 12.1 Å². The predicted octanol–water partition coefficient (Wildman–Crippen LogP) is 5.04. The summed E-state index contributed by atoms with van der Waals surface area (Å²) in [5.74, 6) is -1.41. The maximum absolute atomic E-state index is 13.6. The fraction of sp³-hybridized carbons (Fsp3) is 0.0556. The Balaban J connectivity index is 1.64. The van der Waals surface area contributed by atoms with Gasteiger partial charge >= 0.3 is 0 Å². The lowest BCUT2D eigenvalue weighted by molar-refractivity contribution is 0.0992. The van der Waals surface area contributed by atoms with Gasteiger partial charge in [-0.1, -0.05) is 23.7 Å². The van der Waals surface area contributed by atoms with Crippen molar-refractivity contribution in [2.45, 2.75) is 6.61 Å². The molecule has 0 saturated heterocycles. The number of hydrogen-bond donors (Lipinski definition) is 1. The van der Waals surface area contributed by atoms with Crippen molar-refractivity contribution in [1.82, 2.24) is 0 Å². The smallest absolute Gasteiger partial charge is 0.291 e. The van der Waals surface area contributed by atoms with E-state index in [1.54, 1.807) is 30.3 Å². The molecule has 0 aliphatic rings. The molecule has 4 nitrogen and oxygen atoms in total. The van der Waals surface area contributed by atoms with Crippen molar-refractivity contribution in [2.24, 2.45) is 0 Å². The first kappa shape index (κ1) is 17.0. The Morgan fingerprint density at radius 1 is 1.12 bits per heavy atom. The quantitative estimate of drug-likeness (QED) is 0.690. The molecule has 0 atom stereocenters. The SMILES string of the molecule is O=C(Nc1ccc(F)cc1F)c1ccc(COc2ccccc2Cl)o1. The van der Waals surface area contributed by atoms with Gasteiger partial charge < -0.3 is 14.5 Å². The Morgan fingerprint density at radius 3 is 2.68 bits per heavy atom. The number of amides is 1. The van der Waals surface area contributed by atoms with E-state index in [1.807, 2.05) is 0 Å². The first-order valence-electron chi connectivity index (χ1n) is 7.25. The summed E-state index contributed by atoms with van der Waals surface area (Å²) in [6, 6.07) is 12.8. The maximum Gasteiger partial charge on any atom is 0.291 e. The molecule has 0 unspecified atom stereocenters. The molecule has 0 aliphatic heterocycles. The lowest BCUT2D eigenvalue weighted by Gasteiger charge is -2.06. The summed E-state index contributed by atoms with van der Waals surface area (Å²) >= 11 is 5.98. The van der Waals surface area contributed by atoms with Crippen molar-refractivity contribution < 1.29 is 22.7 Å². The van der Waals surface area contributed by atoms with Gasteiger partial charge in [-0.15, -0.1) is 0 Å². The average Bonchev–Trinajstić information content (AvgIpc) is 3.06. The highest BCUT2D eigenvalue weighted by atomic mass is 35.5. The number of ether oxygens (including phenoxy) is 1. The van der Waals surface area contributed by atoms with E-state index in [2.05, 4.69) is 5.32 Å². The minimum Gasteiger partial charge on any atom is -0.484 e. The van der Waals surface area contributed by atoms with Gasteiger partial charge in [-0.25, -0.2) is 8.78 Å². The van der Waals surface area contributed by atoms with Crippen molar-refractivity contribution in [3.05, 3.63) is 82.8 Å². The standard InChI is InChI=1S/C18H12ClF2NO3/c19-13-3-1-2-4-16(13)24-10-12-6-8-17(25-12)18(23)22-15-7-5-11(20)9-14(15)21/h1-9H,10H2,(H,22,23). The van der Waals surface area contributed by atoms with Crippen molar-refractivity contribution in [3.8, 4) is 5.75 Å². The van der Waals surface area contributed by atoms with Crippen LogP contribution in [-0.4, -0.2) is 5.91 Å². The molecule has 128 valence electrons. The van der Waals surface area contributed by atoms with Gasteiger partial charge in [-0.3, -0.25) is 4.79 Å². The number of hydrogen-bond acceptors (Lipinski definition) is 3. The third-order valence-corrected chi connectivity index (χ3v) is 3.58. The molecule has 0 aliphatic carbocycles. The molecule has 7 heteroatoms. The number of para-hydroxylation sites is 1. The van der Waals surface area contributed by atoms with Crippen LogP contribution in [0, 0.1) is 11.6 Å². The van der Waals surface area contributed by atoms with Gasteiger partial charge in [-0.2, -0.15) is 0 Å². The topological polar surface area (TPSA) is 51.5 Å². The number of rotatable bonds is 5. The van der Waals surface area contributed by atoms with Crippen LogP contribution in [0.3, 0.4) is 0 Å². The maximum atomic E-state index is 13.6. The molecule has 1 amide bonds. The summed E-state index contributed by atoms with van der Waals surface area (Å²) in [7, 11) is 0. The summed E-state index contributed by atoms with van der Waals surface area (Å²) in [6.07, 6.45) is 0. The molecule has 25 heavy (non-hydrogen) atoms. The van der Waals surface area contributed by atoms with E-state index < -0.39 is 17.5 Å². The van der Waals surface area contributed by atoms with Crippen LogP contribution in [0.4, 0.5) is 14.5 Å². The summed E-state index contributed by atoms with van der Waals surface area (Å²) < 4.78 is 37.3. The van der Waals surface area contributed by atoms with E-state index in [9.17, 15) is 13.6 Å². The molecule has 1 aromatic heterocycles. The van der Waals surface area contributed by atoms with Crippen molar-refractivity contribution >= 4 is 23.2 Å². The fourth-order valence-electron chi connectivity index (χ4n) is 2.06. The van der Waals surface area contributed by atoms with Crippen LogP contribution in [0.25, 0.3) is 0 Å². The minimum absolute atomic E-state index is 0.0264. The molecule has 0 bridgehead atoms. The average molecular weight is 364 g/mol. The van der Waals surface area contributed by atoms with E-state index in [1.165, 1.54) is 6.07 Å². The summed E-state index contributed by atoms with van der Waals surface area (Å²) in [6.45, 7) is 0.0714. The Hall–Kier alpha value is -2.86. The van der Waals surface area contributed by atoms with Crippen LogP contribution in [-0.2, 0) is 6.61 Å². The van der Waals surface area contributed by atoms with Gasteiger partial charge in [0, 0.05) is 6.07 Å². The zero-order chi connectivity index (χ0) is 17.8. The van der Waals surface area contributed by atoms with Gasteiger partial charge in [0.2, 0.25) is 0 Å². The molecule has 1 heterocycles. The molecule has 0 spiro atoms. The van der Waals surface area contributed by atoms with Crippen LogP contribution < -0.4 is 10.1 Å². The van der Waals surface area contributed by atoms with Crippen LogP contribution in [0.15, 0.2) is 59.0 Å². The first-order chi connectivity index (χ1) is 12.0. The third kappa shape index (κ3) is 4.16. The third-order valence-electron chi connectivity index (χ3n) is 3.27. The van der Waals surface area contributed by atoms with Gasteiger partial charge in [0.05, 0.1) is 10.7 Å². The first-order valence-corrected chi connectivity index (χ1v) is 7.63. The highest BCUT2D eigenvalue weighted by molar-refractivity contribution is 6.32. The summed E-state index contributed by atoms with van der Waals surface area (Å²) in [4.78, 5) is 12.1. The molecule has 3 rings (SSSR count). The Bertz CT molecular complexity index is 911. The van der Waals surface area contributed by atoms with Gasteiger partial charge in [0.1, 0.15) is 29.8 Å². The normalized spacial score (nSPS) is 10.5. The number of carbonyl (C=O) groups is 1. The van der Waals surface area contributed by atoms with Crippen LogP contribution in [0.2, 0.25) is 5.02 Å². The van der Waals surface area contributed by atoms with Crippen LogP contribution >= 0.6 is 11.6 Å². The molecule has 1 N–H and O–H groups in total. The second-order valence-electron chi connectivity index (χ2n) is 5.06. The fourth-order valence-corrected chi connectivity index (χ4v) is 2.25. The summed E-state index contributed by atoms with van der Waals surface area (Å²) in [5.41, 5.74) is -0.142. The van der Waals surface area contributed by atoms with Gasteiger partial charge in [0.15, 0.2) is 5.76 Å². The van der Waals surface area contributed by atoms with E-state index in [4.69, 9.17) is 20.8 Å². The zero-order valence-electron chi connectivity index (χ0n) is 12.8. The Morgan fingerprint density at radius 2 is 1.92 bits per heavy atom. The van der Waals surface area contributed by atoms with E-state index in [-0.39, 0.29) is 18.1 Å². The van der Waals surface area contributed by atoms with Gasteiger partial charge in [0.25, 0.3) is 5.91 Å². The van der Waals surface area contributed by atoms with Crippen molar-refractivity contribution in [2.75, 3.05) is 5.32 Å². The zero-order valence-corrected chi connectivity index (χ0v) is 13.5. The highest BCUT2D eigenvalue weighted by Gasteiger charge is 2.14. The minimum atomic E-state index is -0.873. The predicted molar refractivity (Wildman–Crippen MR) is 88.8 cm³/mol. The number of benzene rings is 2. The van der Waals surface area contributed by atoms with Crippen LogP contribution in [0.1, 0.15) is 16.3 Å². The van der Waals surface area contributed by atoms with E-state index >= 15 is 0 Å². The monoisotopic (exact) mass is 363 g/mol. The van der Waals surface area contributed by atoms with E-state index in [0.29, 0.717) is 22.6 Å². The Kier molecular flexibility index (Phi) is 5.00. The molecule has 0 saturated carbocycles. The van der Waals surface area contributed by atoms with Gasteiger partial charge in [-0.05, 0) is 36.4 Å². The molecule has 2 aromatic carbocycles. The number of anilines is 1. The number of nitrogens with one attached hydrogen (secondary N) is 1. The number of furan rings is 1. The van der Waals surface area contributed by atoms with Crippen molar-refractivity contribution in [1.29, 1.82) is 0 Å². The molecular formula is C18H12ClF2NO3. The second kappa shape index (κ2) is 7.36. The second-order valence-corrected chi connectivity index (χ2v) is 5.47. The molecule has 0 radical (unpaired) electrons. The summed E-state index contributed by atoms with van der Waals surface area (Å²) in [5, 5.41) is 2.77. The highest BCUT2D eigenvalue weighted by Crippen LogP contribution is 2.24. The number of carbonyl (C=O) groups excluding carboxylic acids is 1. The Labute approximate surface area is 147 Å². The molecule has 0 fully saturated rings. The largest absolute Gasteiger partial charge is 0.484 e. The molecular weight excluding hydrogens is 352 g/mol. The van der Waals surface area contributed by atoms with Crippen molar-refractivity contribution in [3.63, 3.8) is 0 Å². The lowest BCUT2D eigenvalue weighted by Crippen LogP contribution is -2.12.